The molecule has 1 rings (SSSR count). The molecule has 2 atom stereocenters. The monoisotopic (exact) mass is 324 g/mol. The Morgan fingerprint density at radius 1 is 0.870 bits per heavy atom. The summed E-state index contributed by atoms with van der Waals surface area (Å²) in [7, 11) is 0. The van der Waals surface area contributed by atoms with E-state index in [0.717, 1.165) is 19.1 Å². The van der Waals surface area contributed by atoms with Crippen molar-refractivity contribution in [2.75, 3.05) is 13.2 Å². The molecule has 1 unspecified atom stereocenters. The van der Waals surface area contributed by atoms with Crippen molar-refractivity contribution in [1.29, 1.82) is 0 Å². The fraction of sp³-hybridized carbons (Fsp3) is 0.909. The van der Waals surface area contributed by atoms with Crippen LogP contribution in [0, 0.1) is 11.8 Å². The van der Waals surface area contributed by atoms with Crippen molar-refractivity contribution in [1.82, 2.24) is 0 Å². The minimum absolute atomic E-state index is 0.704. The van der Waals surface area contributed by atoms with Crippen LogP contribution in [0.2, 0.25) is 0 Å². The Morgan fingerprint density at radius 3 is 1.96 bits per heavy atom. The average Bonchev–Trinajstić information content (AvgIpc) is 3.09. The van der Waals surface area contributed by atoms with E-state index in [2.05, 4.69) is 26.0 Å². The van der Waals surface area contributed by atoms with E-state index in [0.29, 0.717) is 5.92 Å². The Bertz CT molecular complexity index is 265. The lowest BCUT2D eigenvalue weighted by atomic mass is 9.99. The lowest BCUT2D eigenvalue weighted by Gasteiger charge is -2.12. The van der Waals surface area contributed by atoms with Gasteiger partial charge in [0.25, 0.3) is 0 Å². The molecule has 0 amide bonds. The van der Waals surface area contributed by atoms with Crippen LogP contribution in [0.1, 0.15) is 104 Å². The minimum Gasteiger partial charge on any atom is -0.381 e. The van der Waals surface area contributed by atoms with E-state index >= 15 is 0 Å². The predicted octanol–water partition coefficient (Wildman–Crippen LogP) is 7.31. The van der Waals surface area contributed by atoms with E-state index < -0.39 is 0 Å². The maximum atomic E-state index is 5.47. The first-order valence-electron chi connectivity index (χ1n) is 10.6. The van der Waals surface area contributed by atoms with Gasteiger partial charge in [-0.2, -0.15) is 0 Å². The molecule has 0 spiro atoms. The third-order valence-electron chi connectivity index (χ3n) is 5.37. The van der Waals surface area contributed by atoms with Gasteiger partial charge in [-0.05, 0) is 31.1 Å². The first-order valence-corrected chi connectivity index (χ1v) is 10.6. The van der Waals surface area contributed by atoms with Crippen molar-refractivity contribution in [2.45, 2.75) is 104 Å². The van der Waals surface area contributed by atoms with Crippen molar-refractivity contribution in [3.8, 4) is 0 Å². The zero-order valence-electron chi connectivity index (χ0n) is 16.0. The average molecular weight is 325 g/mol. The molecule has 1 heteroatoms. The number of unbranched alkanes of at least 4 members (excludes halogenated alkanes) is 12. The van der Waals surface area contributed by atoms with E-state index in [9.17, 15) is 0 Å². The fourth-order valence-corrected chi connectivity index (χ4v) is 3.54. The Hall–Kier alpha value is -0.300. The van der Waals surface area contributed by atoms with Crippen molar-refractivity contribution >= 4 is 0 Å². The van der Waals surface area contributed by atoms with Gasteiger partial charge in [-0.15, -0.1) is 0 Å². The third kappa shape index (κ3) is 11.8. The van der Waals surface area contributed by atoms with Crippen LogP contribution >= 0.6 is 0 Å². The highest BCUT2D eigenvalue weighted by Gasteiger charge is 2.19. The summed E-state index contributed by atoms with van der Waals surface area (Å²) in [4.78, 5) is 0. The second-order valence-electron chi connectivity index (χ2n) is 7.59. The predicted molar refractivity (Wildman–Crippen MR) is 103 cm³/mol. The van der Waals surface area contributed by atoms with Gasteiger partial charge in [0.05, 0.1) is 6.61 Å². The molecule has 23 heavy (non-hydrogen) atoms. The summed E-state index contributed by atoms with van der Waals surface area (Å²) in [5.74, 6) is 1.48. The zero-order chi connectivity index (χ0) is 16.6. The largest absolute Gasteiger partial charge is 0.381 e. The van der Waals surface area contributed by atoms with Crippen LogP contribution in [0.5, 0.6) is 0 Å². The summed E-state index contributed by atoms with van der Waals surface area (Å²) in [5.41, 5.74) is 0. The second kappa shape index (κ2) is 15.2. The third-order valence-corrected chi connectivity index (χ3v) is 5.37. The number of hydrogen-bond donors (Lipinski definition) is 0. The summed E-state index contributed by atoms with van der Waals surface area (Å²) in [6, 6.07) is 0. The molecule has 0 aromatic carbocycles. The van der Waals surface area contributed by atoms with Crippen molar-refractivity contribution in [3.63, 3.8) is 0 Å². The quantitative estimate of drug-likeness (QED) is 0.174. The summed E-state index contributed by atoms with van der Waals surface area (Å²) in [6.45, 7) is 6.59. The molecular weight excluding hydrogens is 282 g/mol. The Morgan fingerprint density at radius 2 is 1.43 bits per heavy atom. The number of rotatable bonds is 15. The second-order valence-corrected chi connectivity index (χ2v) is 7.59. The highest BCUT2D eigenvalue weighted by molar-refractivity contribution is 4.90. The molecule has 136 valence electrons. The van der Waals surface area contributed by atoms with Gasteiger partial charge in [-0.1, -0.05) is 96.6 Å². The van der Waals surface area contributed by atoms with Gasteiger partial charge < -0.3 is 4.74 Å². The molecule has 1 nitrogen and oxygen atoms in total. The molecule has 1 saturated heterocycles. The number of ether oxygens (including phenoxy) is 1. The van der Waals surface area contributed by atoms with E-state index in [-0.39, 0.29) is 0 Å². The zero-order valence-corrected chi connectivity index (χ0v) is 16.0. The van der Waals surface area contributed by atoms with Crippen LogP contribution in [0.25, 0.3) is 0 Å². The first kappa shape index (κ1) is 20.7. The molecule has 0 aromatic heterocycles. The molecule has 0 saturated carbocycles. The van der Waals surface area contributed by atoms with Crippen LogP contribution in [0.3, 0.4) is 0 Å². The van der Waals surface area contributed by atoms with Gasteiger partial charge in [0, 0.05) is 6.61 Å². The normalized spacial score (nSPS) is 19.7. The summed E-state index contributed by atoms with van der Waals surface area (Å²) in [5, 5.41) is 0. The van der Waals surface area contributed by atoms with Crippen LogP contribution in [0.4, 0.5) is 0 Å². The molecule has 1 heterocycles. The topological polar surface area (TPSA) is 9.23 Å². The lowest BCUT2D eigenvalue weighted by Crippen LogP contribution is -2.08. The molecule has 1 fully saturated rings. The maximum Gasteiger partial charge on any atom is 0.0500 e. The van der Waals surface area contributed by atoms with Gasteiger partial charge >= 0.3 is 0 Å². The lowest BCUT2D eigenvalue weighted by molar-refractivity contribution is 0.179. The van der Waals surface area contributed by atoms with Crippen molar-refractivity contribution in [3.05, 3.63) is 12.2 Å². The van der Waals surface area contributed by atoms with Crippen molar-refractivity contribution in [2.24, 2.45) is 11.8 Å². The minimum atomic E-state index is 0.704. The highest BCUT2D eigenvalue weighted by Crippen LogP contribution is 2.23. The van der Waals surface area contributed by atoms with Gasteiger partial charge in [0.2, 0.25) is 0 Å². The van der Waals surface area contributed by atoms with Gasteiger partial charge in [0.15, 0.2) is 0 Å². The molecule has 0 N–H and O–H groups in total. The number of hydrogen-bond acceptors (Lipinski definition) is 1. The highest BCUT2D eigenvalue weighted by atomic mass is 16.6. The molecule has 1 aliphatic heterocycles. The molecule has 0 bridgehead atoms. The molecule has 1 aliphatic rings. The van der Waals surface area contributed by atoms with Crippen LogP contribution < -0.4 is 0 Å². The Balaban J connectivity index is 1.77. The smallest absolute Gasteiger partial charge is 0.0500 e. The van der Waals surface area contributed by atoms with Crippen molar-refractivity contribution < 1.29 is 4.74 Å². The van der Waals surface area contributed by atoms with E-state index in [1.807, 2.05) is 0 Å². The molecule has 0 aromatic rings. The molecule has 0 radical (unpaired) electrons. The summed E-state index contributed by atoms with van der Waals surface area (Å²) < 4.78 is 5.47. The van der Waals surface area contributed by atoms with E-state index in [4.69, 9.17) is 4.74 Å². The summed E-state index contributed by atoms with van der Waals surface area (Å²) in [6.07, 6.45) is 24.6. The standard InChI is InChI=1S/C22H42O/c1-3-4-5-6-7-8-9-10-11-12-13-14-15-16-17-21(2)22-18-19-23-20-22/h16-17,21-22H,3-15,18-20H2,1-2H3/b17-16+/t21-,22?/m1/s1/i19+1,20+1. The molecule has 0 aliphatic carbocycles. The maximum absolute atomic E-state index is 5.47. The van der Waals surface area contributed by atoms with E-state index in [1.165, 1.54) is 89.9 Å². The Labute approximate surface area is 146 Å². The SMILES string of the molecule is CCCCCCCCCCCCCC/C=C/[C@@H](C)C1C[13CH2]O[13CH2]1. The van der Waals surface area contributed by atoms with Crippen LogP contribution in [0.15, 0.2) is 12.2 Å². The van der Waals surface area contributed by atoms with Crippen LogP contribution in [-0.2, 0) is 4.74 Å². The van der Waals surface area contributed by atoms with Gasteiger partial charge in [0.1, 0.15) is 0 Å². The summed E-state index contributed by atoms with van der Waals surface area (Å²) >= 11 is 0. The van der Waals surface area contributed by atoms with Crippen LogP contribution in [-0.4, -0.2) is 13.2 Å². The van der Waals surface area contributed by atoms with Gasteiger partial charge in [-0.25, -0.2) is 0 Å². The number of allylic oxidation sites excluding steroid dienone is 2. The molecular formula is C22H42O. The Kier molecular flexibility index (Phi) is 13.7. The van der Waals surface area contributed by atoms with E-state index in [1.54, 1.807) is 0 Å². The fourth-order valence-electron chi connectivity index (χ4n) is 3.54. The van der Waals surface area contributed by atoms with Gasteiger partial charge in [-0.3, -0.25) is 0 Å². The first-order chi connectivity index (χ1) is 11.3.